The smallest absolute Gasteiger partial charge is 0.262 e. The first-order chi connectivity index (χ1) is 14.4. The molecule has 0 aliphatic heterocycles. The second kappa shape index (κ2) is 9.40. The quantitative estimate of drug-likeness (QED) is 0.563. The van der Waals surface area contributed by atoms with Crippen LogP contribution >= 0.6 is 11.3 Å². The summed E-state index contributed by atoms with van der Waals surface area (Å²) in [6.07, 6.45) is 1.23. The van der Waals surface area contributed by atoms with Crippen LogP contribution in [0.25, 0.3) is 21.3 Å². The van der Waals surface area contributed by atoms with E-state index < -0.39 is 0 Å². The van der Waals surface area contributed by atoms with Crippen LogP contribution < -0.4 is 16.0 Å². The summed E-state index contributed by atoms with van der Waals surface area (Å²) < 4.78 is 12.2. The van der Waals surface area contributed by atoms with E-state index in [0.717, 1.165) is 32.1 Å². The number of hydrogen-bond acceptors (Lipinski definition) is 6. The fraction of sp³-hybridized carbons (Fsp3) is 0.409. The number of benzene rings is 1. The molecule has 0 fully saturated rings. The number of nitrogens with two attached hydrogens (primary N) is 1. The minimum Gasteiger partial charge on any atom is -0.496 e. The summed E-state index contributed by atoms with van der Waals surface area (Å²) in [4.78, 5) is 31.3. The number of methoxy groups -OCH3 is 2. The maximum atomic E-state index is 13.6. The molecular formula is C22H27N3O4S. The van der Waals surface area contributed by atoms with Crippen LogP contribution in [0.1, 0.15) is 29.1 Å². The van der Waals surface area contributed by atoms with Gasteiger partial charge in [-0.3, -0.25) is 14.2 Å². The minimum absolute atomic E-state index is 0.0941. The van der Waals surface area contributed by atoms with Crippen LogP contribution in [0.15, 0.2) is 23.0 Å². The van der Waals surface area contributed by atoms with Gasteiger partial charge in [0.2, 0.25) is 5.91 Å². The Hall–Kier alpha value is -2.71. The lowest BCUT2D eigenvalue weighted by atomic mass is 10.0. The fourth-order valence-corrected chi connectivity index (χ4v) is 4.70. The fourth-order valence-electron chi connectivity index (χ4n) is 3.64. The van der Waals surface area contributed by atoms with Crippen molar-refractivity contribution >= 4 is 27.5 Å². The SMILES string of the molecule is COCCc1nc2sc(C)c(-c3ccc(OC)c(C)c3)c2c(=O)n1CCCC(N)=O. The molecule has 30 heavy (non-hydrogen) atoms. The summed E-state index contributed by atoms with van der Waals surface area (Å²) in [6.45, 7) is 4.84. The normalized spacial score (nSPS) is 11.2. The van der Waals surface area contributed by atoms with E-state index in [1.807, 2.05) is 32.0 Å². The Morgan fingerprint density at radius 3 is 2.67 bits per heavy atom. The molecule has 2 aromatic heterocycles. The average molecular weight is 430 g/mol. The molecule has 0 aliphatic rings. The van der Waals surface area contributed by atoms with Crippen molar-refractivity contribution in [2.75, 3.05) is 20.8 Å². The molecule has 0 bridgehead atoms. The van der Waals surface area contributed by atoms with E-state index in [4.69, 9.17) is 20.2 Å². The van der Waals surface area contributed by atoms with E-state index in [0.29, 0.717) is 37.2 Å². The van der Waals surface area contributed by atoms with Crippen LogP contribution in [0.2, 0.25) is 0 Å². The van der Waals surface area contributed by atoms with Crippen LogP contribution in [0.4, 0.5) is 0 Å². The summed E-state index contributed by atoms with van der Waals surface area (Å²) in [5, 5.41) is 0.613. The molecule has 1 amide bonds. The lowest BCUT2D eigenvalue weighted by Gasteiger charge is -2.13. The number of amides is 1. The van der Waals surface area contributed by atoms with Gasteiger partial charge in [0.25, 0.3) is 5.56 Å². The van der Waals surface area contributed by atoms with Gasteiger partial charge in [0, 0.05) is 36.9 Å². The highest BCUT2D eigenvalue weighted by Gasteiger charge is 2.20. The second-order valence-corrected chi connectivity index (χ2v) is 8.40. The summed E-state index contributed by atoms with van der Waals surface area (Å²) >= 11 is 1.52. The van der Waals surface area contributed by atoms with Gasteiger partial charge in [-0.1, -0.05) is 6.07 Å². The van der Waals surface area contributed by atoms with Crippen molar-refractivity contribution in [1.82, 2.24) is 9.55 Å². The maximum Gasteiger partial charge on any atom is 0.262 e. The Morgan fingerprint density at radius 1 is 1.27 bits per heavy atom. The lowest BCUT2D eigenvalue weighted by Crippen LogP contribution is -2.26. The van der Waals surface area contributed by atoms with E-state index >= 15 is 0 Å². The number of carbonyl (C=O) groups is 1. The summed E-state index contributed by atoms with van der Waals surface area (Å²) in [5.41, 5.74) is 8.05. The van der Waals surface area contributed by atoms with Crippen molar-refractivity contribution in [3.05, 3.63) is 44.8 Å². The van der Waals surface area contributed by atoms with Gasteiger partial charge < -0.3 is 15.2 Å². The van der Waals surface area contributed by atoms with Crippen molar-refractivity contribution in [3.63, 3.8) is 0 Å². The first-order valence-corrected chi connectivity index (χ1v) is 10.6. The number of carbonyl (C=O) groups excluding carboxylic acids is 1. The molecule has 1 aromatic carbocycles. The Kier molecular flexibility index (Phi) is 6.89. The number of aryl methyl sites for hydroxylation is 2. The van der Waals surface area contributed by atoms with E-state index in [9.17, 15) is 9.59 Å². The third kappa shape index (κ3) is 4.39. The van der Waals surface area contributed by atoms with E-state index in [1.165, 1.54) is 11.3 Å². The first kappa shape index (κ1) is 22.0. The minimum atomic E-state index is -0.378. The van der Waals surface area contributed by atoms with Gasteiger partial charge in [0.15, 0.2) is 0 Å². The Bertz CT molecular complexity index is 1130. The molecule has 0 saturated carbocycles. The van der Waals surface area contributed by atoms with Crippen molar-refractivity contribution in [3.8, 4) is 16.9 Å². The van der Waals surface area contributed by atoms with Crippen molar-refractivity contribution in [2.24, 2.45) is 5.73 Å². The largest absolute Gasteiger partial charge is 0.496 e. The second-order valence-electron chi connectivity index (χ2n) is 7.20. The van der Waals surface area contributed by atoms with Gasteiger partial charge >= 0.3 is 0 Å². The number of primary amides is 1. The zero-order chi connectivity index (χ0) is 21.8. The highest BCUT2D eigenvalue weighted by Crippen LogP contribution is 2.37. The molecule has 0 radical (unpaired) electrons. The molecule has 0 atom stereocenters. The third-order valence-corrected chi connectivity index (χ3v) is 6.08. The molecule has 3 rings (SSSR count). The van der Waals surface area contributed by atoms with E-state index in [2.05, 4.69) is 0 Å². The molecule has 0 unspecified atom stereocenters. The molecular weight excluding hydrogens is 402 g/mol. The average Bonchev–Trinajstić information content (AvgIpc) is 3.04. The monoisotopic (exact) mass is 429 g/mol. The van der Waals surface area contributed by atoms with Crippen LogP contribution in [-0.4, -0.2) is 36.3 Å². The number of fused-ring (bicyclic) bond motifs is 1. The topological polar surface area (TPSA) is 96.4 Å². The molecule has 3 aromatic rings. The Balaban J connectivity index is 2.18. The highest BCUT2D eigenvalue weighted by molar-refractivity contribution is 7.19. The van der Waals surface area contributed by atoms with Crippen molar-refractivity contribution < 1.29 is 14.3 Å². The predicted molar refractivity (Wildman–Crippen MR) is 119 cm³/mol. The van der Waals surface area contributed by atoms with Gasteiger partial charge in [0.1, 0.15) is 16.4 Å². The zero-order valence-electron chi connectivity index (χ0n) is 17.8. The zero-order valence-corrected chi connectivity index (χ0v) is 18.6. The lowest BCUT2D eigenvalue weighted by molar-refractivity contribution is -0.118. The van der Waals surface area contributed by atoms with Gasteiger partial charge in [-0.05, 0) is 43.5 Å². The molecule has 7 nitrogen and oxygen atoms in total. The molecule has 8 heteroatoms. The summed E-state index contributed by atoms with van der Waals surface area (Å²) in [5.74, 6) is 1.09. The van der Waals surface area contributed by atoms with Crippen LogP contribution in [0.3, 0.4) is 0 Å². The van der Waals surface area contributed by atoms with E-state index in [1.54, 1.807) is 18.8 Å². The summed E-state index contributed by atoms with van der Waals surface area (Å²) in [7, 11) is 3.26. The molecule has 160 valence electrons. The molecule has 0 saturated heterocycles. The number of aromatic nitrogens is 2. The Morgan fingerprint density at radius 2 is 2.03 bits per heavy atom. The standard InChI is InChI=1S/C22H27N3O4S/c1-13-12-15(7-8-16(13)29-4)19-14(2)30-21-20(19)22(27)25(10-5-6-17(23)26)18(24-21)9-11-28-3/h7-8,12H,5-6,9-11H2,1-4H3,(H2,23,26). The van der Waals surface area contributed by atoms with Gasteiger partial charge in [-0.15, -0.1) is 11.3 Å². The third-order valence-electron chi connectivity index (χ3n) is 5.09. The first-order valence-electron chi connectivity index (χ1n) is 9.82. The van der Waals surface area contributed by atoms with Crippen LogP contribution in [0.5, 0.6) is 5.75 Å². The number of hydrogen-bond donors (Lipinski definition) is 1. The number of nitrogens with zero attached hydrogens (tertiary/aromatic N) is 2. The van der Waals surface area contributed by atoms with Gasteiger partial charge in [0.05, 0.1) is 19.1 Å². The predicted octanol–water partition coefficient (Wildman–Crippen LogP) is 3.20. The maximum absolute atomic E-state index is 13.6. The molecule has 0 spiro atoms. The molecule has 2 heterocycles. The van der Waals surface area contributed by atoms with Gasteiger partial charge in [-0.25, -0.2) is 4.98 Å². The van der Waals surface area contributed by atoms with Crippen LogP contribution in [0, 0.1) is 13.8 Å². The Labute approximate surface area is 179 Å². The molecule has 0 aliphatic carbocycles. The van der Waals surface area contributed by atoms with Crippen LogP contribution in [-0.2, 0) is 22.5 Å². The highest BCUT2D eigenvalue weighted by atomic mass is 32.1. The van der Waals surface area contributed by atoms with Gasteiger partial charge in [-0.2, -0.15) is 0 Å². The number of thiophene rings is 1. The van der Waals surface area contributed by atoms with E-state index in [-0.39, 0.29) is 17.9 Å². The summed E-state index contributed by atoms with van der Waals surface area (Å²) in [6, 6.07) is 5.92. The number of ether oxygens (including phenoxy) is 2. The number of rotatable bonds is 9. The van der Waals surface area contributed by atoms with Crippen molar-refractivity contribution in [1.29, 1.82) is 0 Å². The van der Waals surface area contributed by atoms with Crippen molar-refractivity contribution in [2.45, 2.75) is 39.7 Å². The molecule has 2 N–H and O–H groups in total.